The highest BCUT2D eigenvalue weighted by Gasteiger charge is 2.24. The van der Waals surface area contributed by atoms with Gasteiger partial charge in [0.25, 0.3) is 0 Å². The van der Waals surface area contributed by atoms with Crippen LogP contribution in [0.4, 0.5) is 5.69 Å². The lowest BCUT2D eigenvalue weighted by Crippen LogP contribution is -2.11. The Kier molecular flexibility index (Phi) is 2.67. The Morgan fingerprint density at radius 2 is 2.10 bits per heavy atom. The number of ether oxygens (including phenoxy) is 1. The van der Waals surface area contributed by atoms with Gasteiger partial charge in [-0.05, 0) is 36.4 Å². The number of phenolic OH excluding ortho intramolecular Hbond substituents is 1. The van der Waals surface area contributed by atoms with Crippen LogP contribution in [-0.4, -0.2) is 16.7 Å². The maximum absolute atomic E-state index is 9.48. The molecular formula is C17H14N2O2. The van der Waals surface area contributed by atoms with Gasteiger partial charge in [0, 0.05) is 28.9 Å². The third-order valence-corrected chi connectivity index (χ3v) is 3.72. The molecule has 1 atom stereocenters. The van der Waals surface area contributed by atoms with Gasteiger partial charge in [-0.1, -0.05) is 6.07 Å². The van der Waals surface area contributed by atoms with E-state index in [0.29, 0.717) is 6.61 Å². The molecule has 0 radical (unpaired) electrons. The van der Waals surface area contributed by atoms with Crippen LogP contribution in [0.5, 0.6) is 11.5 Å². The van der Waals surface area contributed by atoms with Crippen LogP contribution < -0.4 is 10.1 Å². The molecule has 1 aliphatic heterocycles. The van der Waals surface area contributed by atoms with Crippen molar-refractivity contribution in [2.75, 3.05) is 11.9 Å². The Hall–Kier alpha value is -2.75. The molecule has 4 heteroatoms. The van der Waals surface area contributed by atoms with E-state index in [-0.39, 0.29) is 11.8 Å². The summed E-state index contributed by atoms with van der Waals surface area (Å²) in [4.78, 5) is 4.32. The number of hydrogen-bond donors (Lipinski definition) is 2. The summed E-state index contributed by atoms with van der Waals surface area (Å²) in [7, 11) is 0. The number of nitrogens with one attached hydrogen (secondary N) is 1. The Morgan fingerprint density at radius 1 is 1.14 bits per heavy atom. The first-order valence-corrected chi connectivity index (χ1v) is 6.87. The van der Waals surface area contributed by atoms with E-state index in [1.165, 1.54) is 0 Å². The zero-order chi connectivity index (χ0) is 14.2. The summed E-state index contributed by atoms with van der Waals surface area (Å²) in [5.41, 5.74) is 3.08. The molecule has 2 heterocycles. The molecule has 2 aromatic carbocycles. The van der Waals surface area contributed by atoms with Gasteiger partial charge in [0.15, 0.2) is 0 Å². The highest BCUT2D eigenvalue weighted by Crippen LogP contribution is 2.36. The van der Waals surface area contributed by atoms with Gasteiger partial charge in [-0.25, -0.2) is 0 Å². The van der Waals surface area contributed by atoms with Crippen molar-refractivity contribution >= 4 is 16.6 Å². The summed E-state index contributed by atoms with van der Waals surface area (Å²) >= 11 is 0. The number of pyridine rings is 1. The van der Waals surface area contributed by atoms with Crippen molar-refractivity contribution in [3.63, 3.8) is 0 Å². The Morgan fingerprint density at radius 3 is 3.05 bits per heavy atom. The fourth-order valence-electron chi connectivity index (χ4n) is 2.68. The standard InChI is InChI=1S/C17H14N2O2/c20-13-4-5-14-16(10-21-17(14)9-13)19-12-3-6-15-11(8-12)2-1-7-18-15/h1-9,16,19-20H,10H2. The van der Waals surface area contributed by atoms with Gasteiger partial charge >= 0.3 is 0 Å². The number of anilines is 1. The van der Waals surface area contributed by atoms with Crippen LogP contribution in [0.15, 0.2) is 54.7 Å². The molecular weight excluding hydrogens is 264 g/mol. The van der Waals surface area contributed by atoms with Crippen molar-refractivity contribution in [1.82, 2.24) is 4.98 Å². The molecule has 0 amide bonds. The molecule has 1 aliphatic rings. The minimum absolute atomic E-state index is 0.0923. The van der Waals surface area contributed by atoms with Crippen molar-refractivity contribution in [1.29, 1.82) is 0 Å². The van der Waals surface area contributed by atoms with Crippen LogP contribution in [0, 0.1) is 0 Å². The zero-order valence-electron chi connectivity index (χ0n) is 11.3. The van der Waals surface area contributed by atoms with Crippen molar-refractivity contribution < 1.29 is 9.84 Å². The largest absolute Gasteiger partial charge is 0.508 e. The van der Waals surface area contributed by atoms with Gasteiger partial charge in [0.2, 0.25) is 0 Å². The second-order valence-corrected chi connectivity index (χ2v) is 5.14. The van der Waals surface area contributed by atoms with E-state index in [0.717, 1.165) is 27.9 Å². The highest BCUT2D eigenvalue weighted by molar-refractivity contribution is 5.82. The first kappa shape index (κ1) is 12.0. The average molecular weight is 278 g/mol. The monoisotopic (exact) mass is 278 g/mol. The van der Waals surface area contributed by atoms with E-state index in [2.05, 4.69) is 16.4 Å². The van der Waals surface area contributed by atoms with Crippen molar-refractivity contribution in [2.45, 2.75) is 6.04 Å². The number of fused-ring (bicyclic) bond motifs is 2. The van der Waals surface area contributed by atoms with Crippen LogP contribution >= 0.6 is 0 Å². The van der Waals surface area contributed by atoms with E-state index < -0.39 is 0 Å². The summed E-state index contributed by atoms with van der Waals surface area (Å²) in [6.07, 6.45) is 1.79. The number of nitrogens with zero attached hydrogens (tertiary/aromatic N) is 1. The third kappa shape index (κ3) is 2.14. The first-order valence-electron chi connectivity index (χ1n) is 6.87. The van der Waals surface area contributed by atoms with Gasteiger partial charge in [-0.15, -0.1) is 0 Å². The van der Waals surface area contributed by atoms with E-state index in [1.54, 1.807) is 18.3 Å². The smallest absolute Gasteiger partial charge is 0.128 e. The fraction of sp³-hybridized carbons (Fsp3) is 0.118. The molecule has 0 fully saturated rings. The van der Waals surface area contributed by atoms with Gasteiger partial charge in [0.05, 0.1) is 11.6 Å². The molecule has 2 N–H and O–H groups in total. The fourth-order valence-corrected chi connectivity index (χ4v) is 2.68. The second-order valence-electron chi connectivity index (χ2n) is 5.14. The second kappa shape index (κ2) is 4.66. The van der Waals surface area contributed by atoms with Crippen LogP contribution in [0.3, 0.4) is 0 Å². The Labute approximate surface area is 122 Å². The molecule has 1 aromatic heterocycles. The van der Waals surface area contributed by atoms with Crippen LogP contribution in [0.2, 0.25) is 0 Å². The minimum Gasteiger partial charge on any atom is -0.508 e. The van der Waals surface area contributed by atoms with Crippen molar-refractivity contribution in [3.8, 4) is 11.5 Å². The quantitative estimate of drug-likeness (QED) is 0.753. The minimum atomic E-state index is 0.0923. The highest BCUT2D eigenvalue weighted by atomic mass is 16.5. The molecule has 0 saturated heterocycles. The van der Waals surface area contributed by atoms with E-state index in [1.807, 2.05) is 30.3 Å². The SMILES string of the molecule is Oc1ccc2c(c1)OCC2Nc1ccc2ncccc2c1. The number of phenols is 1. The molecule has 0 aliphatic carbocycles. The van der Waals surface area contributed by atoms with E-state index in [4.69, 9.17) is 4.74 Å². The number of benzene rings is 2. The van der Waals surface area contributed by atoms with Crippen LogP contribution in [0.1, 0.15) is 11.6 Å². The summed E-state index contributed by atoms with van der Waals surface area (Å²) < 4.78 is 5.62. The van der Waals surface area contributed by atoms with Crippen molar-refractivity contribution in [3.05, 3.63) is 60.3 Å². The summed E-state index contributed by atoms with van der Waals surface area (Å²) in [6.45, 7) is 0.559. The third-order valence-electron chi connectivity index (χ3n) is 3.72. The molecule has 1 unspecified atom stereocenters. The maximum atomic E-state index is 9.48. The number of rotatable bonds is 2. The van der Waals surface area contributed by atoms with Crippen LogP contribution in [0.25, 0.3) is 10.9 Å². The van der Waals surface area contributed by atoms with Gasteiger partial charge in [-0.3, -0.25) is 4.98 Å². The topological polar surface area (TPSA) is 54.4 Å². The lowest BCUT2D eigenvalue weighted by molar-refractivity contribution is 0.338. The molecule has 0 bridgehead atoms. The van der Waals surface area contributed by atoms with E-state index in [9.17, 15) is 5.11 Å². The molecule has 0 spiro atoms. The molecule has 4 rings (SSSR count). The summed E-state index contributed by atoms with van der Waals surface area (Å²) in [6, 6.07) is 15.4. The first-order chi connectivity index (χ1) is 10.3. The lowest BCUT2D eigenvalue weighted by Gasteiger charge is -2.13. The predicted octanol–water partition coefficient (Wildman–Crippen LogP) is 3.49. The predicted molar refractivity (Wildman–Crippen MR) is 81.7 cm³/mol. The van der Waals surface area contributed by atoms with Gasteiger partial charge in [-0.2, -0.15) is 0 Å². The van der Waals surface area contributed by atoms with Crippen molar-refractivity contribution in [2.24, 2.45) is 0 Å². The normalized spacial score (nSPS) is 16.5. The number of hydrogen-bond acceptors (Lipinski definition) is 4. The van der Waals surface area contributed by atoms with Gasteiger partial charge in [0.1, 0.15) is 18.1 Å². The maximum Gasteiger partial charge on any atom is 0.128 e. The lowest BCUT2D eigenvalue weighted by atomic mass is 10.1. The molecule has 3 aromatic rings. The number of aromatic nitrogens is 1. The summed E-state index contributed by atoms with van der Waals surface area (Å²) in [5, 5.41) is 14.1. The molecule has 21 heavy (non-hydrogen) atoms. The average Bonchev–Trinajstić information content (AvgIpc) is 2.89. The van der Waals surface area contributed by atoms with Crippen LogP contribution in [-0.2, 0) is 0 Å². The Balaban J connectivity index is 1.64. The van der Waals surface area contributed by atoms with E-state index >= 15 is 0 Å². The van der Waals surface area contributed by atoms with Gasteiger partial charge < -0.3 is 15.2 Å². The number of aromatic hydroxyl groups is 1. The molecule has 0 saturated carbocycles. The summed E-state index contributed by atoms with van der Waals surface area (Å²) in [5.74, 6) is 0.973. The molecule has 104 valence electrons. The zero-order valence-corrected chi connectivity index (χ0v) is 11.3. The Bertz CT molecular complexity index is 817. The molecule has 4 nitrogen and oxygen atoms in total.